The van der Waals surface area contributed by atoms with Crippen LogP contribution in [0.4, 0.5) is 0 Å². The standard InChI is InChI=1S/C23H26N2O5.CH5N/c1-15-22(23(28)24-17(13-26)14-27)19-11-18(9-10-20(19)29-15)30-21(12-25(2)3)16-7-5-4-6-8-16;1-2/h4-11,13,17,21,27H,12,14H2,1-3H3,(H,24,28);2H2,1H3. The maximum Gasteiger partial charge on any atom is 0.256 e. The number of likely N-dealkylation sites (N-methyl/N-ethyl adjacent to an activating group) is 1. The Hall–Kier alpha value is -3.20. The molecule has 2 unspecified atom stereocenters. The molecule has 0 spiro atoms. The van der Waals surface area contributed by atoms with E-state index in [1.807, 2.05) is 49.3 Å². The van der Waals surface area contributed by atoms with Gasteiger partial charge in [-0.25, -0.2) is 0 Å². The third kappa shape index (κ3) is 6.16. The van der Waals surface area contributed by atoms with Gasteiger partial charge in [-0.3, -0.25) is 4.79 Å². The van der Waals surface area contributed by atoms with Gasteiger partial charge in [-0.15, -0.1) is 0 Å². The highest BCUT2D eigenvalue weighted by Crippen LogP contribution is 2.31. The van der Waals surface area contributed by atoms with Crippen molar-refractivity contribution in [2.45, 2.75) is 19.1 Å². The highest BCUT2D eigenvalue weighted by molar-refractivity contribution is 6.08. The fourth-order valence-electron chi connectivity index (χ4n) is 3.29. The Morgan fingerprint density at radius 3 is 2.50 bits per heavy atom. The smallest absolute Gasteiger partial charge is 0.256 e. The summed E-state index contributed by atoms with van der Waals surface area (Å²) in [5.41, 5.74) is 6.41. The lowest BCUT2D eigenvalue weighted by Crippen LogP contribution is -2.38. The first-order chi connectivity index (χ1) is 15.4. The number of nitrogens with one attached hydrogen (secondary N) is 1. The predicted molar refractivity (Wildman–Crippen MR) is 124 cm³/mol. The van der Waals surface area contributed by atoms with Gasteiger partial charge in [0.05, 0.1) is 12.2 Å². The largest absolute Gasteiger partial charge is 0.484 e. The highest BCUT2D eigenvalue weighted by Gasteiger charge is 2.22. The lowest BCUT2D eigenvalue weighted by molar-refractivity contribution is -0.110. The van der Waals surface area contributed by atoms with Crippen molar-refractivity contribution in [1.29, 1.82) is 0 Å². The number of amides is 1. The summed E-state index contributed by atoms with van der Waals surface area (Å²) in [6.45, 7) is 1.89. The monoisotopic (exact) mass is 441 g/mol. The van der Waals surface area contributed by atoms with Gasteiger partial charge in [-0.05, 0) is 51.8 Å². The molecule has 1 heterocycles. The van der Waals surface area contributed by atoms with Gasteiger partial charge in [0.15, 0.2) is 0 Å². The molecule has 8 heteroatoms. The van der Waals surface area contributed by atoms with Crippen LogP contribution >= 0.6 is 0 Å². The summed E-state index contributed by atoms with van der Waals surface area (Å²) in [7, 11) is 5.46. The van der Waals surface area contributed by atoms with Crippen LogP contribution in [0.15, 0.2) is 52.9 Å². The summed E-state index contributed by atoms with van der Waals surface area (Å²) in [4.78, 5) is 25.7. The van der Waals surface area contributed by atoms with Gasteiger partial charge < -0.3 is 35.0 Å². The molecule has 0 saturated heterocycles. The number of aliphatic hydroxyl groups is 1. The summed E-state index contributed by atoms with van der Waals surface area (Å²) in [6, 6.07) is 14.3. The predicted octanol–water partition coefficient (Wildman–Crippen LogP) is 2.29. The van der Waals surface area contributed by atoms with Crippen LogP contribution in [-0.4, -0.2) is 62.5 Å². The Bertz CT molecular complexity index is 1020. The second kappa shape index (κ2) is 12.0. The molecular weight excluding hydrogens is 410 g/mol. The molecule has 3 aromatic rings. The first-order valence-corrected chi connectivity index (χ1v) is 10.3. The molecule has 0 saturated carbocycles. The third-order valence-corrected chi connectivity index (χ3v) is 4.72. The molecule has 2 aromatic carbocycles. The number of nitrogens with zero attached hydrogens (tertiary/aromatic N) is 1. The van der Waals surface area contributed by atoms with E-state index in [2.05, 4.69) is 11.1 Å². The number of furan rings is 1. The van der Waals surface area contributed by atoms with Gasteiger partial charge in [0.2, 0.25) is 0 Å². The lowest BCUT2D eigenvalue weighted by Gasteiger charge is -2.23. The number of rotatable bonds is 9. The van der Waals surface area contributed by atoms with Gasteiger partial charge in [0, 0.05) is 11.9 Å². The zero-order chi connectivity index (χ0) is 23.7. The van der Waals surface area contributed by atoms with E-state index in [9.17, 15) is 14.7 Å². The number of ether oxygens (including phenoxy) is 1. The van der Waals surface area contributed by atoms with Crippen molar-refractivity contribution in [2.24, 2.45) is 5.73 Å². The van der Waals surface area contributed by atoms with E-state index < -0.39 is 18.6 Å². The number of aliphatic hydroxyl groups excluding tert-OH is 1. The van der Waals surface area contributed by atoms with Crippen LogP contribution in [0.3, 0.4) is 0 Å². The second-order valence-electron chi connectivity index (χ2n) is 7.37. The number of fused-ring (bicyclic) bond motifs is 1. The first-order valence-electron chi connectivity index (χ1n) is 10.3. The van der Waals surface area contributed by atoms with Crippen molar-refractivity contribution in [3.63, 3.8) is 0 Å². The van der Waals surface area contributed by atoms with E-state index in [-0.39, 0.29) is 6.10 Å². The molecule has 0 fully saturated rings. The molecule has 0 aliphatic rings. The Kier molecular flexibility index (Phi) is 9.39. The topological polar surface area (TPSA) is 118 Å². The summed E-state index contributed by atoms with van der Waals surface area (Å²) in [6.07, 6.45) is 0.299. The fraction of sp³-hybridized carbons (Fsp3) is 0.333. The molecule has 2 atom stereocenters. The lowest BCUT2D eigenvalue weighted by atomic mass is 10.1. The fourth-order valence-corrected chi connectivity index (χ4v) is 3.29. The van der Waals surface area contributed by atoms with E-state index >= 15 is 0 Å². The van der Waals surface area contributed by atoms with E-state index in [4.69, 9.17) is 9.15 Å². The van der Waals surface area contributed by atoms with E-state index in [1.165, 1.54) is 7.05 Å². The van der Waals surface area contributed by atoms with Crippen LogP contribution in [0.2, 0.25) is 0 Å². The molecule has 1 amide bonds. The molecule has 0 bridgehead atoms. The second-order valence-corrected chi connectivity index (χ2v) is 7.37. The van der Waals surface area contributed by atoms with E-state index in [0.717, 1.165) is 5.56 Å². The molecule has 172 valence electrons. The van der Waals surface area contributed by atoms with Gasteiger partial charge >= 0.3 is 0 Å². The van der Waals surface area contributed by atoms with E-state index in [0.29, 0.717) is 40.9 Å². The maximum atomic E-state index is 12.7. The Morgan fingerprint density at radius 1 is 1.22 bits per heavy atom. The van der Waals surface area contributed by atoms with Gasteiger partial charge in [-0.2, -0.15) is 0 Å². The Morgan fingerprint density at radius 2 is 1.91 bits per heavy atom. The number of nitrogens with two attached hydrogens (primary N) is 1. The van der Waals surface area contributed by atoms with Crippen molar-refractivity contribution in [2.75, 3.05) is 34.3 Å². The van der Waals surface area contributed by atoms with Crippen LogP contribution in [0.1, 0.15) is 27.8 Å². The van der Waals surface area contributed by atoms with Crippen molar-refractivity contribution in [3.05, 3.63) is 65.4 Å². The average Bonchev–Trinajstić information content (AvgIpc) is 3.13. The Balaban J connectivity index is 0.00000176. The molecule has 8 nitrogen and oxygen atoms in total. The number of hydrogen-bond donors (Lipinski definition) is 3. The summed E-state index contributed by atoms with van der Waals surface area (Å²) >= 11 is 0. The van der Waals surface area contributed by atoms with Gasteiger partial charge in [-0.1, -0.05) is 30.3 Å². The molecule has 0 radical (unpaired) electrons. The van der Waals surface area contributed by atoms with Crippen LogP contribution in [0.25, 0.3) is 11.0 Å². The highest BCUT2D eigenvalue weighted by atomic mass is 16.5. The van der Waals surface area contributed by atoms with Crippen molar-refractivity contribution >= 4 is 23.2 Å². The molecule has 4 N–H and O–H groups in total. The zero-order valence-electron chi connectivity index (χ0n) is 18.9. The number of carbonyl (C=O) groups excluding carboxylic acids is 2. The molecule has 0 aliphatic heterocycles. The minimum Gasteiger partial charge on any atom is -0.484 e. The minimum atomic E-state index is -0.969. The number of hydrogen-bond acceptors (Lipinski definition) is 7. The quantitative estimate of drug-likeness (QED) is 0.436. The van der Waals surface area contributed by atoms with Gasteiger partial charge in [0.25, 0.3) is 5.91 Å². The molecule has 3 rings (SSSR count). The van der Waals surface area contributed by atoms with E-state index in [1.54, 1.807) is 25.1 Å². The number of aryl methyl sites for hydroxylation is 1. The average molecular weight is 442 g/mol. The van der Waals surface area contributed by atoms with Crippen LogP contribution in [0, 0.1) is 6.92 Å². The zero-order valence-corrected chi connectivity index (χ0v) is 18.9. The summed E-state index contributed by atoms with van der Waals surface area (Å²) in [5, 5.41) is 12.3. The molecular formula is C24H31N3O5. The van der Waals surface area contributed by atoms with Crippen LogP contribution < -0.4 is 15.8 Å². The molecule has 1 aromatic heterocycles. The maximum absolute atomic E-state index is 12.7. The van der Waals surface area contributed by atoms with Gasteiger partial charge in [0.1, 0.15) is 35.5 Å². The number of benzene rings is 2. The minimum absolute atomic E-state index is 0.197. The molecule has 32 heavy (non-hydrogen) atoms. The molecule has 0 aliphatic carbocycles. The van der Waals surface area contributed by atoms with Crippen LogP contribution in [0.5, 0.6) is 5.75 Å². The summed E-state index contributed by atoms with van der Waals surface area (Å²) < 4.78 is 12.0. The van der Waals surface area contributed by atoms with Crippen molar-refractivity contribution in [3.8, 4) is 5.75 Å². The first kappa shape index (κ1) is 25.1. The third-order valence-electron chi connectivity index (χ3n) is 4.72. The normalized spacial score (nSPS) is 12.6. The number of aldehydes is 1. The SMILES string of the molecule is CN.Cc1oc2ccc(OC(CN(C)C)c3ccccc3)cc2c1C(=O)NC(C=O)CO. The number of carbonyl (C=O) groups is 2. The van der Waals surface area contributed by atoms with Crippen LogP contribution in [-0.2, 0) is 4.79 Å². The van der Waals surface area contributed by atoms with Crippen molar-refractivity contribution in [1.82, 2.24) is 10.2 Å². The summed E-state index contributed by atoms with van der Waals surface area (Å²) in [5.74, 6) is 0.541. The Labute approximate surface area is 188 Å². The van der Waals surface area contributed by atoms with Crippen molar-refractivity contribution < 1.29 is 23.8 Å².